The van der Waals surface area contributed by atoms with E-state index in [0.29, 0.717) is 53.9 Å². The van der Waals surface area contributed by atoms with Crippen LogP contribution in [-0.4, -0.2) is 87.0 Å². The van der Waals surface area contributed by atoms with Crippen LogP contribution in [0.1, 0.15) is 30.0 Å². The standard InChI is InChI=1S/C28H30N2O9/c1-34-25-17(14-20-26(27(25)35-2)39-15-38-20)22-21(23(31)16-5-6-18-19(13-16)37-12-11-36-18)24(32)28(33)30(22)10-9-29-7-3-4-8-29/h5-6,13-14,22,31H,3-4,7-12,15H2,1-2H3/t22-/m0/s1. The predicted octanol–water partition coefficient (Wildman–Crippen LogP) is 2.72. The molecule has 2 fully saturated rings. The van der Waals surface area contributed by atoms with Gasteiger partial charge < -0.3 is 43.3 Å². The van der Waals surface area contributed by atoms with Crippen molar-refractivity contribution in [2.24, 2.45) is 0 Å². The molecule has 11 nitrogen and oxygen atoms in total. The highest BCUT2D eigenvalue weighted by atomic mass is 16.7. The second-order valence-corrected chi connectivity index (χ2v) is 9.67. The van der Waals surface area contributed by atoms with Gasteiger partial charge in [-0.25, -0.2) is 0 Å². The average Bonchev–Trinajstić information content (AvgIpc) is 3.71. The lowest BCUT2D eigenvalue weighted by atomic mass is 9.93. The fraction of sp³-hybridized carbons (Fsp3) is 0.429. The molecule has 0 radical (unpaired) electrons. The minimum absolute atomic E-state index is 0.00928. The number of amides is 1. The number of ether oxygens (including phenoxy) is 6. The Labute approximate surface area is 225 Å². The van der Waals surface area contributed by atoms with E-state index in [1.54, 1.807) is 24.3 Å². The lowest BCUT2D eigenvalue weighted by Crippen LogP contribution is -2.37. The van der Waals surface area contributed by atoms with Gasteiger partial charge in [0.25, 0.3) is 11.7 Å². The van der Waals surface area contributed by atoms with Crippen LogP contribution in [0.5, 0.6) is 34.5 Å². The summed E-state index contributed by atoms with van der Waals surface area (Å²) in [5, 5.41) is 11.6. The lowest BCUT2D eigenvalue weighted by Gasteiger charge is -2.29. The normalized spacial score (nSPS) is 21.5. The zero-order chi connectivity index (χ0) is 27.1. The maximum Gasteiger partial charge on any atom is 0.295 e. The lowest BCUT2D eigenvalue weighted by molar-refractivity contribution is -0.140. The number of ketones is 1. The number of carbonyl (C=O) groups is 2. The molecule has 4 aliphatic rings. The van der Waals surface area contributed by atoms with Gasteiger partial charge in [-0.1, -0.05) is 0 Å². The summed E-state index contributed by atoms with van der Waals surface area (Å²) in [6.07, 6.45) is 2.19. The highest BCUT2D eigenvalue weighted by molar-refractivity contribution is 6.46. The number of hydrogen-bond acceptors (Lipinski definition) is 10. The molecule has 4 heterocycles. The van der Waals surface area contributed by atoms with Gasteiger partial charge in [-0.15, -0.1) is 0 Å². The molecule has 0 saturated carbocycles. The number of nitrogens with zero attached hydrogens (tertiary/aromatic N) is 2. The summed E-state index contributed by atoms with van der Waals surface area (Å²) in [7, 11) is 2.95. The van der Waals surface area contributed by atoms with E-state index in [1.807, 2.05) is 0 Å². The third-order valence-electron chi connectivity index (χ3n) is 7.52. The summed E-state index contributed by atoms with van der Waals surface area (Å²) in [6, 6.07) is 5.64. The van der Waals surface area contributed by atoms with Gasteiger partial charge in [0.05, 0.1) is 25.8 Å². The molecule has 206 valence electrons. The number of Topliss-reactive ketones (excluding diaryl/α,β-unsaturated/α-hetero) is 1. The second-order valence-electron chi connectivity index (χ2n) is 9.67. The first-order chi connectivity index (χ1) is 19.0. The molecule has 11 heteroatoms. The maximum absolute atomic E-state index is 13.6. The van der Waals surface area contributed by atoms with Crippen molar-refractivity contribution < 1.29 is 43.1 Å². The summed E-state index contributed by atoms with van der Waals surface area (Å²) in [5.41, 5.74) is 0.712. The Bertz CT molecular complexity index is 1350. The molecule has 1 amide bonds. The van der Waals surface area contributed by atoms with Crippen LogP contribution in [-0.2, 0) is 9.59 Å². The van der Waals surface area contributed by atoms with Crippen molar-refractivity contribution in [3.63, 3.8) is 0 Å². The third kappa shape index (κ3) is 4.26. The molecule has 2 saturated heterocycles. The first kappa shape index (κ1) is 25.2. The van der Waals surface area contributed by atoms with Gasteiger partial charge >= 0.3 is 0 Å². The Hall–Kier alpha value is -4.12. The summed E-state index contributed by atoms with van der Waals surface area (Å²) >= 11 is 0. The molecule has 1 atom stereocenters. The highest BCUT2D eigenvalue weighted by Crippen LogP contribution is 2.54. The fourth-order valence-electron chi connectivity index (χ4n) is 5.65. The monoisotopic (exact) mass is 538 g/mol. The van der Waals surface area contributed by atoms with Crippen molar-refractivity contribution >= 4 is 17.4 Å². The number of fused-ring (bicyclic) bond motifs is 2. The highest BCUT2D eigenvalue weighted by Gasteiger charge is 2.48. The molecular weight excluding hydrogens is 508 g/mol. The number of benzene rings is 2. The molecule has 6 rings (SSSR count). The molecule has 0 aliphatic carbocycles. The molecule has 0 aromatic heterocycles. The molecule has 2 aromatic carbocycles. The Balaban J connectivity index is 1.50. The zero-order valence-electron chi connectivity index (χ0n) is 21.9. The molecule has 2 aromatic rings. The first-order valence-electron chi connectivity index (χ1n) is 13.0. The van der Waals surface area contributed by atoms with E-state index in [9.17, 15) is 14.7 Å². The average molecular weight is 539 g/mol. The van der Waals surface area contributed by atoms with Gasteiger partial charge in [-0.05, 0) is 50.2 Å². The van der Waals surface area contributed by atoms with Crippen LogP contribution in [0.4, 0.5) is 0 Å². The zero-order valence-corrected chi connectivity index (χ0v) is 21.9. The Kier molecular flexibility index (Phi) is 6.59. The Morgan fingerprint density at radius 1 is 0.923 bits per heavy atom. The quantitative estimate of drug-likeness (QED) is 0.320. The van der Waals surface area contributed by atoms with E-state index in [2.05, 4.69) is 4.90 Å². The summed E-state index contributed by atoms with van der Waals surface area (Å²) in [5.74, 6) is 0.531. The third-order valence-corrected chi connectivity index (χ3v) is 7.52. The van der Waals surface area contributed by atoms with Crippen molar-refractivity contribution in [2.45, 2.75) is 18.9 Å². The molecule has 1 N–H and O–H groups in total. The SMILES string of the molecule is COc1c([C@H]2C(=C(O)c3ccc4c(c3)OCCO4)C(=O)C(=O)N2CCN2CCCC2)cc2c(c1OC)OCO2. The van der Waals surface area contributed by atoms with Gasteiger partial charge in [0.1, 0.15) is 19.0 Å². The fourth-order valence-corrected chi connectivity index (χ4v) is 5.65. The summed E-state index contributed by atoms with van der Waals surface area (Å²) < 4.78 is 33.9. The van der Waals surface area contributed by atoms with Crippen LogP contribution in [0.3, 0.4) is 0 Å². The van der Waals surface area contributed by atoms with E-state index in [4.69, 9.17) is 28.4 Å². The topological polar surface area (TPSA) is 116 Å². The van der Waals surface area contributed by atoms with Crippen LogP contribution in [0.25, 0.3) is 5.76 Å². The van der Waals surface area contributed by atoms with Crippen molar-refractivity contribution in [3.8, 4) is 34.5 Å². The van der Waals surface area contributed by atoms with Crippen LogP contribution < -0.4 is 28.4 Å². The van der Waals surface area contributed by atoms with E-state index in [0.717, 1.165) is 25.9 Å². The van der Waals surface area contributed by atoms with Gasteiger partial charge in [-0.3, -0.25) is 9.59 Å². The number of hydrogen-bond donors (Lipinski definition) is 1. The predicted molar refractivity (Wildman–Crippen MR) is 138 cm³/mol. The van der Waals surface area contributed by atoms with Crippen molar-refractivity contribution in [3.05, 3.63) is 41.0 Å². The minimum atomic E-state index is -0.959. The van der Waals surface area contributed by atoms with E-state index in [1.165, 1.54) is 19.1 Å². The van der Waals surface area contributed by atoms with Crippen molar-refractivity contribution in [2.75, 3.05) is 60.4 Å². The van der Waals surface area contributed by atoms with E-state index in [-0.39, 0.29) is 36.2 Å². The second kappa shape index (κ2) is 10.2. The van der Waals surface area contributed by atoms with E-state index < -0.39 is 17.7 Å². The number of methoxy groups -OCH3 is 2. The van der Waals surface area contributed by atoms with Crippen LogP contribution in [0.2, 0.25) is 0 Å². The minimum Gasteiger partial charge on any atom is -0.507 e. The van der Waals surface area contributed by atoms with Crippen LogP contribution in [0, 0.1) is 0 Å². The Morgan fingerprint density at radius 2 is 1.67 bits per heavy atom. The number of likely N-dealkylation sites (tertiary alicyclic amines) is 2. The Morgan fingerprint density at radius 3 is 2.41 bits per heavy atom. The van der Waals surface area contributed by atoms with Crippen LogP contribution in [0.15, 0.2) is 29.8 Å². The van der Waals surface area contributed by atoms with E-state index >= 15 is 0 Å². The maximum atomic E-state index is 13.6. The largest absolute Gasteiger partial charge is 0.507 e. The van der Waals surface area contributed by atoms with Crippen molar-refractivity contribution in [1.82, 2.24) is 9.80 Å². The number of carbonyl (C=O) groups excluding carboxylic acids is 2. The molecular formula is C28H30N2O9. The molecule has 0 bridgehead atoms. The molecule has 39 heavy (non-hydrogen) atoms. The first-order valence-corrected chi connectivity index (χ1v) is 13.0. The summed E-state index contributed by atoms with van der Waals surface area (Å²) in [6.45, 7) is 3.54. The van der Waals surface area contributed by atoms with Crippen molar-refractivity contribution in [1.29, 1.82) is 0 Å². The molecule has 0 spiro atoms. The van der Waals surface area contributed by atoms with Gasteiger partial charge in [-0.2, -0.15) is 0 Å². The number of rotatable bonds is 7. The van der Waals surface area contributed by atoms with Gasteiger partial charge in [0.15, 0.2) is 23.0 Å². The summed E-state index contributed by atoms with van der Waals surface area (Å²) in [4.78, 5) is 30.8. The van der Waals surface area contributed by atoms with Crippen LogP contribution >= 0.6 is 0 Å². The number of aliphatic hydroxyl groups is 1. The molecule has 0 unspecified atom stereocenters. The smallest absolute Gasteiger partial charge is 0.295 e. The number of aliphatic hydroxyl groups excluding tert-OH is 1. The molecule has 4 aliphatic heterocycles. The van der Waals surface area contributed by atoms with Gasteiger partial charge in [0, 0.05) is 24.2 Å². The van der Waals surface area contributed by atoms with Gasteiger partial charge in [0.2, 0.25) is 18.3 Å².